The van der Waals surface area contributed by atoms with Crippen LogP contribution in [0.15, 0.2) is 75.1 Å². The molecular formula is C14H10O2S. The van der Waals surface area contributed by atoms with E-state index in [4.69, 9.17) is 4.42 Å². The van der Waals surface area contributed by atoms with Crippen molar-refractivity contribution in [1.29, 1.82) is 0 Å². The Hall–Kier alpha value is -1.87. The number of hydrogen-bond acceptors (Lipinski definition) is 2. The van der Waals surface area contributed by atoms with E-state index in [1.54, 1.807) is 6.26 Å². The van der Waals surface area contributed by atoms with Gasteiger partial charge in [0.25, 0.3) is 0 Å². The fourth-order valence-corrected chi connectivity index (χ4v) is 2.84. The van der Waals surface area contributed by atoms with Crippen LogP contribution in [0.5, 0.6) is 0 Å². The second-order valence-electron chi connectivity index (χ2n) is 3.70. The molecule has 0 amide bonds. The van der Waals surface area contributed by atoms with Gasteiger partial charge in [-0.05, 0) is 36.4 Å². The lowest BCUT2D eigenvalue weighted by atomic mass is 10.3. The first-order valence-corrected chi connectivity index (χ1v) is 6.44. The Morgan fingerprint density at radius 1 is 0.882 bits per heavy atom. The van der Waals surface area contributed by atoms with Gasteiger partial charge in [0.2, 0.25) is 0 Å². The molecule has 1 unspecified atom stereocenters. The monoisotopic (exact) mass is 242 g/mol. The van der Waals surface area contributed by atoms with Crippen LogP contribution in [0, 0.1) is 0 Å². The third kappa shape index (κ3) is 1.89. The molecule has 0 saturated carbocycles. The molecule has 0 aliphatic rings. The molecule has 0 fully saturated rings. The highest BCUT2D eigenvalue weighted by atomic mass is 32.2. The van der Waals surface area contributed by atoms with E-state index in [2.05, 4.69) is 0 Å². The highest BCUT2D eigenvalue weighted by Crippen LogP contribution is 2.22. The second kappa shape index (κ2) is 4.18. The van der Waals surface area contributed by atoms with E-state index in [1.165, 1.54) is 0 Å². The minimum absolute atomic E-state index is 0.796. The number of fused-ring (bicyclic) bond motifs is 1. The van der Waals surface area contributed by atoms with E-state index in [0.29, 0.717) is 0 Å². The normalized spacial score (nSPS) is 12.7. The highest BCUT2D eigenvalue weighted by Gasteiger charge is 2.07. The van der Waals surface area contributed by atoms with Gasteiger partial charge in [-0.1, -0.05) is 18.2 Å². The Morgan fingerprint density at radius 2 is 1.71 bits per heavy atom. The third-order valence-corrected chi connectivity index (χ3v) is 3.98. The van der Waals surface area contributed by atoms with E-state index in [-0.39, 0.29) is 0 Å². The molecule has 0 saturated heterocycles. The molecule has 0 aliphatic carbocycles. The predicted octanol–water partition coefficient (Wildman–Crippen LogP) is 3.60. The highest BCUT2D eigenvalue weighted by molar-refractivity contribution is 7.85. The average molecular weight is 242 g/mol. The van der Waals surface area contributed by atoms with E-state index < -0.39 is 10.8 Å². The van der Waals surface area contributed by atoms with Crippen LogP contribution in [-0.4, -0.2) is 4.21 Å². The van der Waals surface area contributed by atoms with Crippen molar-refractivity contribution in [1.82, 2.24) is 0 Å². The van der Waals surface area contributed by atoms with Gasteiger partial charge in [-0.15, -0.1) is 0 Å². The maximum Gasteiger partial charge on any atom is 0.133 e. The van der Waals surface area contributed by atoms with Crippen LogP contribution in [0.3, 0.4) is 0 Å². The summed E-state index contributed by atoms with van der Waals surface area (Å²) in [6, 6.07) is 16.9. The lowest BCUT2D eigenvalue weighted by Gasteiger charge is -2.01. The SMILES string of the molecule is O=S(c1ccccc1)c1ccc2occc2c1. The van der Waals surface area contributed by atoms with E-state index in [1.807, 2.05) is 54.6 Å². The van der Waals surface area contributed by atoms with Gasteiger partial charge in [-0.3, -0.25) is 0 Å². The first-order chi connectivity index (χ1) is 8.34. The van der Waals surface area contributed by atoms with Crippen molar-refractivity contribution in [2.45, 2.75) is 9.79 Å². The molecule has 2 nitrogen and oxygen atoms in total. The third-order valence-electron chi connectivity index (χ3n) is 2.60. The van der Waals surface area contributed by atoms with Gasteiger partial charge in [0.15, 0.2) is 0 Å². The van der Waals surface area contributed by atoms with Gasteiger partial charge in [0.1, 0.15) is 5.58 Å². The van der Waals surface area contributed by atoms with E-state index in [0.717, 1.165) is 20.8 Å². The van der Waals surface area contributed by atoms with Crippen molar-refractivity contribution in [2.24, 2.45) is 0 Å². The lowest BCUT2D eigenvalue weighted by molar-refractivity contribution is 0.615. The molecule has 0 bridgehead atoms. The number of hydrogen-bond donors (Lipinski definition) is 0. The fraction of sp³-hybridized carbons (Fsp3) is 0. The lowest BCUT2D eigenvalue weighted by Crippen LogP contribution is -1.91. The van der Waals surface area contributed by atoms with Gasteiger partial charge < -0.3 is 4.42 Å². The summed E-state index contributed by atoms with van der Waals surface area (Å²) < 4.78 is 17.6. The van der Waals surface area contributed by atoms with E-state index in [9.17, 15) is 4.21 Å². The molecule has 1 heterocycles. The maximum atomic E-state index is 12.3. The van der Waals surface area contributed by atoms with E-state index >= 15 is 0 Å². The molecule has 84 valence electrons. The molecule has 1 atom stereocenters. The van der Waals surface area contributed by atoms with Crippen LogP contribution in [0.2, 0.25) is 0 Å². The molecule has 0 radical (unpaired) electrons. The fourth-order valence-electron chi connectivity index (χ4n) is 1.74. The molecule has 0 N–H and O–H groups in total. The molecule has 3 heteroatoms. The van der Waals surface area contributed by atoms with Gasteiger partial charge in [0.05, 0.1) is 17.1 Å². The smallest absolute Gasteiger partial charge is 0.133 e. The zero-order valence-electron chi connectivity index (χ0n) is 9.00. The van der Waals surface area contributed by atoms with Crippen LogP contribution in [-0.2, 0) is 10.8 Å². The Morgan fingerprint density at radius 3 is 2.53 bits per heavy atom. The molecule has 3 rings (SSSR count). The minimum Gasteiger partial charge on any atom is -0.464 e. The molecule has 3 aromatic rings. The van der Waals surface area contributed by atoms with Crippen molar-refractivity contribution in [3.05, 3.63) is 60.9 Å². The van der Waals surface area contributed by atoms with Crippen LogP contribution in [0.25, 0.3) is 11.0 Å². The Balaban J connectivity index is 2.06. The topological polar surface area (TPSA) is 30.2 Å². The summed E-state index contributed by atoms with van der Waals surface area (Å²) in [5.74, 6) is 0. The summed E-state index contributed by atoms with van der Waals surface area (Å²) in [4.78, 5) is 1.61. The summed E-state index contributed by atoms with van der Waals surface area (Å²) in [6.45, 7) is 0. The van der Waals surface area contributed by atoms with Crippen molar-refractivity contribution in [3.63, 3.8) is 0 Å². The van der Waals surface area contributed by atoms with Gasteiger partial charge in [-0.25, -0.2) is 4.21 Å². The molecule has 2 aromatic carbocycles. The first-order valence-electron chi connectivity index (χ1n) is 5.29. The number of furan rings is 1. The van der Waals surface area contributed by atoms with Crippen LogP contribution < -0.4 is 0 Å². The second-order valence-corrected chi connectivity index (χ2v) is 5.18. The molecular weight excluding hydrogens is 232 g/mol. The Bertz CT molecular complexity index is 671. The predicted molar refractivity (Wildman–Crippen MR) is 67.3 cm³/mol. The van der Waals surface area contributed by atoms with Crippen molar-refractivity contribution in [3.8, 4) is 0 Å². The molecule has 1 aromatic heterocycles. The zero-order valence-corrected chi connectivity index (χ0v) is 9.81. The minimum atomic E-state index is -1.13. The largest absolute Gasteiger partial charge is 0.464 e. The van der Waals surface area contributed by atoms with Crippen molar-refractivity contribution < 1.29 is 8.63 Å². The van der Waals surface area contributed by atoms with Crippen LogP contribution in [0.4, 0.5) is 0 Å². The molecule has 0 spiro atoms. The number of rotatable bonds is 2. The molecule has 0 aliphatic heterocycles. The summed E-state index contributed by atoms with van der Waals surface area (Å²) >= 11 is 0. The van der Waals surface area contributed by atoms with Crippen molar-refractivity contribution >= 4 is 21.8 Å². The molecule has 17 heavy (non-hydrogen) atoms. The summed E-state index contributed by atoms with van der Waals surface area (Å²) in [6.07, 6.45) is 1.64. The Labute approximate surface area is 101 Å². The first kappa shape index (κ1) is 10.3. The summed E-state index contributed by atoms with van der Waals surface area (Å²) in [7, 11) is -1.13. The van der Waals surface area contributed by atoms with Crippen LogP contribution >= 0.6 is 0 Å². The summed E-state index contributed by atoms with van der Waals surface area (Å²) in [5, 5.41) is 0.979. The van der Waals surface area contributed by atoms with Crippen molar-refractivity contribution in [2.75, 3.05) is 0 Å². The maximum absolute atomic E-state index is 12.3. The zero-order chi connectivity index (χ0) is 11.7. The van der Waals surface area contributed by atoms with Gasteiger partial charge >= 0.3 is 0 Å². The van der Waals surface area contributed by atoms with Gasteiger partial charge in [-0.2, -0.15) is 0 Å². The van der Waals surface area contributed by atoms with Crippen LogP contribution in [0.1, 0.15) is 0 Å². The number of benzene rings is 2. The standard InChI is InChI=1S/C14H10O2S/c15-17(12-4-2-1-3-5-12)13-6-7-14-11(10-13)8-9-16-14/h1-10H. The summed E-state index contributed by atoms with van der Waals surface area (Å²) in [5.41, 5.74) is 0.818. The quantitative estimate of drug-likeness (QED) is 0.687. The Kier molecular flexibility index (Phi) is 2.53. The average Bonchev–Trinajstić information content (AvgIpc) is 2.86. The van der Waals surface area contributed by atoms with Gasteiger partial charge in [0, 0.05) is 15.2 Å².